The van der Waals surface area contributed by atoms with Crippen molar-refractivity contribution in [1.29, 1.82) is 0 Å². The van der Waals surface area contributed by atoms with Crippen molar-refractivity contribution in [2.24, 2.45) is 5.41 Å². The van der Waals surface area contributed by atoms with Crippen LogP contribution in [0.4, 0.5) is 4.79 Å². The molecule has 6 nitrogen and oxygen atoms in total. The summed E-state index contributed by atoms with van der Waals surface area (Å²) in [6, 6.07) is 2.45. The minimum absolute atomic E-state index is 0.0271. The standard InChI is InChI=1S/C20H29N3O3S/c1-15(24)23(13-16-4-10-27-14-16)18-11-20(18)5-7-22(8-6-20)19(25)21-12-17-3-2-9-26-17/h4,10,14,17-18H,2-3,5-9,11-13H2,1H3,(H,21,25). The van der Waals surface area contributed by atoms with E-state index in [1.807, 2.05) is 9.80 Å². The summed E-state index contributed by atoms with van der Waals surface area (Å²) in [6.45, 7) is 5.35. The number of piperidine rings is 1. The van der Waals surface area contributed by atoms with E-state index in [1.54, 1.807) is 18.3 Å². The van der Waals surface area contributed by atoms with Crippen LogP contribution in [0.3, 0.4) is 0 Å². The molecule has 3 heterocycles. The van der Waals surface area contributed by atoms with Gasteiger partial charge in [0.2, 0.25) is 5.91 Å². The van der Waals surface area contributed by atoms with Gasteiger partial charge in [-0.25, -0.2) is 4.79 Å². The van der Waals surface area contributed by atoms with E-state index < -0.39 is 0 Å². The molecule has 1 spiro atoms. The summed E-state index contributed by atoms with van der Waals surface area (Å²) >= 11 is 1.67. The molecule has 1 aromatic heterocycles. The molecule has 1 aromatic rings. The summed E-state index contributed by atoms with van der Waals surface area (Å²) in [7, 11) is 0. The lowest BCUT2D eigenvalue weighted by Gasteiger charge is -2.35. The molecule has 0 bridgehead atoms. The molecule has 2 unspecified atom stereocenters. The Labute approximate surface area is 164 Å². The van der Waals surface area contributed by atoms with Crippen molar-refractivity contribution < 1.29 is 14.3 Å². The lowest BCUT2D eigenvalue weighted by molar-refractivity contribution is -0.130. The van der Waals surface area contributed by atoms with Crippen LogP contribution in [0.2, 0.25) is 0 Å². The Bertz CT molecular complexity index is 664. The maximum Gasteiger partial charge on any atom is 0.317 e. The van der Waals surface area contributed by atoms with Crippen LogP contribution in [0, 0.1) is 5.41 Å². The fourth-order valence-corrected chi connectivity index (χ4v) is 5.26. The first-order valence-electron chi connectivity index (χ1n) is 10.00. The number of nitrogens with one attached hydrogen (secondary N) is 1. The van der Waals surface area contributed by atoms with Crippen LogP contribution in [0.5, 0.6) is 0 Å². The SMILES string of the molecule is CC(=O)N(Cc1ccsc1)C1CC12CCN(C(=O)NCC1CCCO1)CC2. The minimum Gasteiger partial charge on any atom is -0.376 e. The summed E-state index contributed by atoms with van der Waals surface area (Å²) in [5, 5.41) is 7.20. The van der Waals surface area contributed by atoms with E-state index in [4.69, 9.17) is 4.74 Å². The van der Waals surface area contributed by atoms with Crippen LogP contribution in [0.15, 0.2) is 16.8 Å². The van der Waals surface area contributed by atoms with Crippen LogP contribution in [-0.2, 0) is 16.1 Å². The highest BCUT2D eigenvalue weighted by Gasteiger charge is 2.58. The van der Waals surface area contributed by atoms with Gasteiger partial charge in [0.15, 0.2) is 0 Å². The largest absolute Gasteiger partial charge is 0.376 e. The van der Waals surface area contributed by atoms with Gasteiger partial charge < -0.3 is 19.9 Å². The Balaban J connectivity index is 1.27. The number of likely N-dealkylation sites (tertiary alicyclic amines) is 1. The van der Waals surface area contributed by atoms with Crippen molar-refractivity contribution >= 4 is 23.3 Å². The molecule has 2 aliphatic heterocycles. The van der Waals surface area contributed by atoms with Crippen molar-refractivity contribution in [3.05, 3.63) is 22.4 Å². The van der Waals surface area contributed by atoms with E-state index in [-0.39, 0.29) is 23.5 Å². The van der Waals surface area contributed by atoms with E-state index >= 15 is 0 Å². The maximum atomic E-state index is 12.4. The minimum atomic E-state index is 0.0271. The second kappa shape index (κ2) is 7.80. The van der Waals surface area contributed by atoms with Gasteiger partial charge in [-0.15, -0.1) is 0 Å². The number of amides is 3. The maximum absolute atomic E-state index is 12.4. The fraction of sp³-hybridized carbons (Fsp3) is 0.700. The molecule has 148 valence electrons. The number of carbonyl (C=O) groups is 2. The molecule has 0 radical (unpaired) electrons. The predicted octanol–water partition coefficient (Wildman–Crippen LogP) is 2.84. The molecule has 1 N–H and O–H groups in total. The normalized spacial score (nSPS) is 26.2. The van der Waals surface area contributed by atoms with Gasteiger partial charge in [0.25, 0.3) is 0 Å². The molecular weight excluding hydrogens is 362 g/mol. The second-order valence-corrected chi connectivity index (χ2v) is 8.95. The molecule has 4 rings (SSSR count). The van der Waals surface area contributed by atoms with Crippen molar-refractivity contribution in [2.75, 3.05) is 26.2 Å². The van der Waals surface area contributed by atoms with E-state index in [0.29, 0.717) is 19.1 Å². The molecule has 0 aromatic carbocycles. The van der Waals surface area contributed by atoms with Gasteiger partial charge >= 0.3 is 6.03 Å². The van der Waals surface area contributed by atoms with Crippen LogP contribution < -0.4 is 5.32 Å². The number of rotatable bonds is 5. The van der Waals surface area contributed by atoms with Gasteiger partial charge in [0.1, 0.15) is 0 Å². The number of urea groups is 1. The second-order valence-electron chi connectivity index (χ2n) is 8.17. The summed E-state index contributed by atoms with van der Waals surface area (Å²) < 4.78 is 5.57. The molecule has 27 heavy (non-hydrogen) atoms. The number of thiophene rings is 1. The van der Waals surface area contributed by atoms with Gasteiger partial charge in [-0.3, -0.25) is 4.79 Å². The lowest BCUT2D eigenvalue weighted by Crippen LogP contribution is -2.47. The summed E-state index contributed by atoms with van der Waals surface area (Å²) in [4.78, 5) is 28.6. The molecule has 2 saturated heterocycles. The summed E-state index contributed by atoms with van der Waals surface area (Å²) in [5.41, 5.74) is 1.43. The molecule has 2 atom stereocenters. The third-order valence-corrected chi connectivity index (χ3v) is 7.14. The van der Waals surface area contributed by atoms with Gasteiger partial charge in [-0.1, -0.05) is 0 Å². The zero-order chi connectivity index (χ0) is 18.9. The van der Waals surface area contributed by atoms with Crippen molar-refractivity contribution in [1.82, 2.24) is 15.1 Å². The Morgan fingerprint density at radius 3 is 2.85 bits per heavy atom. The van der Waals surface area contributed by atoms with Crippen molar-refractivity contribution in [3.8, 4) is 0 Å². The van der Waals surface area contributed by atoms with Crippen LogP contribution in [0.25, 0.3) is 0 Å². The number of ether oxygens (including phenoxy) is 1. The first kappa shape index (κ1) is 18.7. The molecule has 3 amide bonds. The fourth-order valence-electron chi connectivity index (χ4n) is 4.60. The predicted molar refractivity (Wildman–Crippen MR) is 105 cm³/mol. The third-order valence-electron chi connectivity index (χ3n) is 6.41. The zero-order valence-corrected chi connectivity index (χ0v) is 16.8. The van der Waals surface area contributed by atoms with Gasteiger partial charge in [0, 0.05) is 45.8 Å². The average molecular weight is 392 g/mol. The zero-order valence-electron chi connectivity index (χ0n) is 16.0. The highest BCUT2D eigenvalue weighted by molar-refractivity contribution is 7.07. The van der Waals surface area contributed by atoms with Crippen LogP contribution >= 0.6 is 11.3 Å². The Hall–Kier alpha value is -1.60. The molecule has 3 aliphatic rings. The highest BCUT2D eigenvalue weighted by Crippen LogP contribution is 2.57. The molecule has 1 aliphatic carbocycles. The summed E-state index contributed by atoms with van der Waals surface area (Å²) in [6.07, 6.45) is 5.35. The number of carbonyl (C=O) groups excluding carboxylic acids is 2. The van der Waals surface area contributed by atoms with E-state index in [1.165, 1.54) is 5.56 Å². The van der Waals surface area contributed by atoms with E-state index in [0.717, 1.165) is 51.8 Å². The number of nitrogens with zero attached hydrogens (tertiary/aromatic N) is 2. The number of hydrogen-bond acceptors (Lipinski definition) is 4. The van der Waals surface area contributed by atoms with Crippen molar-refractivity contribution in [3.63, 3.8) is 0 Å². The van der Waals surface area contributed by atoms with Crippen LogP contribution in [0.1, 0.15) is 44.6 Å². The monoisotopic (exact) mass is 391 g/mol. The van der Waals surface area contributed by atoms with Gasteiger partial charge in [-0.2, -0.15) is 11.3 Å². The van der Waals surface area contributed by atoms with Crippen LogP contribution in [-0.4, -0.2) is 60.1 Å². The summed E-state index contributed by atoms with van der Waals surface area (Å²) in [5.74, 6) is 0.153. The smallest absolute Gasteiger partial charge is 0.317 e. The van der Waals surface area contributed by atoms with E-state index in [9.17, 15) is 9.59 Å². The van der Waals surface area contributed by atoms with Gasteiger partial charge in [-0.05, 0) is 59.9 Å². The topological polar surface area (TPSA) is 61.9 Å². The first-order valence-corrected chi connectivity index (χ1v) is 10.9. The highest BCUT2D eigenvalue weighted by atomic mass is 32.1. The Kier molecular flexibility index (Phi) is 5.41. The van der Waals surface area contributed by atoms with Crippen molar-refractivity contribution in [2.45, 2.75) is 57.7 Å². The third kappa shape index (κ3) is 4.14. The average Bonchev–Trinajstić information content (AvgIpc) is 3.08. The Morgan fingerprint density at radius 1 is 1.41 bits per heavy atom. The molecule has 3 fully saturated rings. The first-order chi connectivity index (χ1) is 13.1. The molecule has 1 saturated carbocycles. The lowest BCUT2D eigenvalue weighted by atomic mass is 9.92. The quantitative estimate of drug-likeness (QED) is 0.840. The molecular formula is C20H29N3O3S. The Morgan fingerprint density at radius 2 is 2.22 bits per heavy atom. The molecule has 7 heteroatoms. The van der Waals surface area contributed by atoms with Gasteiger partial charge in [0.05, 0.1) is 6.10 Å². The van der Waals surface area contributed by atoms with E-state index in [2.05, 4.69) is 22.1 Å². The number of hydrogen-bond donors (Lipinski definition) is 1.